The number of carbonyl (C=O) groups excluding carboxylic acids is 2. The number of hydrogen-bond acceptors (Lipinski definition) is 4. The zero-order valence-electron chi connectivity index (χ0n) is 11.8. The van der Waals surface area contributed by atoms with Gasteiger partial charge in [0.2, 0.25) is 0 Å². The number of ether oxygens (including phenoxy) is 2. The minimum Gasteiger partial charge on any atom is -0.485 e. The van der Waals surface area contributed by atoms with Crippen molar-refractivity contribution in [2.75, 3.05) is 13.2 Å². The van der Waals surface area contributed by atoms with Gasteiger partial charge in [-0.3, -0.25) is 9.59 Å². The first kappa shape index (κ1) is 15.7. The van der Waals surface area contributed by atoms with E-state index in [0.29, 0.717) is 22.6 Å². The molecule has 0 aliphatic heterocycles. The number of ketones is 2. The van der Waals surface area contributed by atoms with Crippen molar-refractivity contribution >= 4 is 11.6 Å². The van der Waals surface area contributed by atoms with Crippen LogP contribution in [0.2, 0.25) is 0 Å². The molecule has 1 rings (SSSR count). The van der Waals surface area contributed by atoms with Crippen LogP contribution in [0.15, 0.2) is 48.6 Å². The molecule has 0 N–H and O–H groups in total. The van der Waals surface area contributed by atoms with Gasteiger partial charge >= 0.3 is 0 Å². The summed E-state index contributed by atoms with van der Waals surface area (Å²) in [5, 5.41) is 0. The normalized spacial score (nSPS) is 9.70. The lowest BCUT2D eigenvalue weighted by molar-refractivity contribution is -0.118. The molecule has 0 amide bonds. The summed E-state index contributed by atoms with van der Waals surface area (Å²) < 4.78 is 10.6. The molecule has 20 heavy (non-hydrogen) atoms. The van der Waals surface area contributed by atoms with Gasteiger partial charge in [-0.2, -0.15) is 0 Å². The highest BCUT2D eigenvalue weighted by Crippen LogP contribution is 2.17. The second-order valence-corrected chi connectivity index (χ2v) is 4.46. The Morgan fingerprint density at radius 3 is 1.40 bits per heavy atom. The van der Waals surface area contributed by atoms with Gasteiger partial charge in [-0.1, -0.05) is 13.2 Å². The molecule has 0 bridgehead atoms. The van der Waals surface area contributed by atoms with Crippen LogP contribution in [0.4, 0.5) is 0 Å². The number of carbonyl (C=O) groups is 2. The molecule has 106 valence electrons. The van der Waals surface area contributed by atoms with Crippen molar-refractivity contribution in [3.63, 3.8) is 0 Å². The highest BCUT2D eigenvalue weighted by Gasteiger charge is 2.05. The van der Waals surface area contributed by atoms with Gasteiger partial charge < -0.3 is 9.47 Å². The largest absolute Gasteiger partial charge is 0.485 e. The Morgan fingerprint density at radius 2 is 1.15 bits per heavy atom. The molecule has 0 saturated heterocycles. The zero-order valence-corrected chi connectivity index (χ0v) is 11.8. The van der Waals surface area contributed by atoms with Crippen molar-refractivity contribution in [2.24, 2.45) is 0 Å². The summed E-state index contributed by atoms with van der Waals surface area (Å²) in [7, 11) is 0. The van der Waals surface area contributed by atoms with Gasteiger partial charge in [0.15, 0.2) is 24.8 Å². The first-order valence-electron chi connectivity index (χ1n) is 6.13. The molecular weight excluding hydrogens is 256 g/mol. The Labute approximate surface area is 118 Å². The Bertz CT molecular complexity index is 477. The average Bonchev–Trinajstić information content (AvgIpc) is 2.42. The maximum absolute atomic E-state index is 11.3. The Balaban J connectivity index is 2.48. The second-order valence-electron chi connectivity index (χ2n) is 4.46. The van der Waals surface area contributed by atoms with Crippen molar-refractivity contribution in [3.05, 3.63) is 48.6 Å². The standard InChI is InChI=1S/C16H18O4/c1-11(2)15(17)9-19-13-5-7-14(8-6-13)20-10-16(18)12(3)4/h5-8H,1,3,9-10H2,2,4H3. The zero-order chi connectivity index (χ0) is 15.1. The highest BCUT2D eigenvalue weighted by molar-refractivity contribution is 5.95. The minimum absolute atomic E-state index is 0.0380. The van der Waals surface area contributed by atoms with E-state index in [9.17, 15) is 9.59 Å². The monoisotopic (exact) mass is 274 g/mol. The lowest BCUT2D eigenvalue weighted by Crippen LogP contribution is -2.12. The van der Waals surface area contributed by atoms with E-state index in [1.165, 1.54) is 0 Å². The summed E-state index contributed by atoms with van der Waals surface area (Å²) in [6.07, 6.45) is 0. The van der Waals surface area contributed by atoms with E-state index in [2.05, 4.69) is 13.2 Å². The van der Waals surface area contributed by atoms with Crippen LogP contribution in [-0.2, 0) is 9.59 Å². The van der Waals surface area contributed by atoms with E-state index in [4.69, 9.17) is 9.47 Å². The van der Waals surface area contributed by atoms with Crippen LogP contribution >= 0.6 is 0 Å². The van der Waals surface area contributed by atoms with Crippen molar-refractivity contribution in [2.45, 2.75) is 13.8 Å². The van der Waals surface area contributed by atoms with Crippen molar-refractivity contribution in [1.29, 1.82) is 0 Å². The summed E-state index contributed by atoms with van der Waals surface area (Å²) in [6.45, 7) is 10.3. The summed E-state index contributed by atoms with van der Waals surface area (Å²) in [4.78, 5) is 22.7. The van der Waals surface area contributed by atoms with E-state index >= 15 is 0 Å². The third kappa shape index (κ3) is 5.10. The fourth-order valence-electron chi connectivity index (χ4n) is 1.18. The predicted molar refractivity (Wildman–Crippen MR) is 77.1 cm³/mol. The topological polar surface area (TPSA) is 52.6 Å². The van der Waals surface area contributed by atoms with Crippen LogP contribution in [0, 0.1) is 0 Å². The number of Topliss-reactive ketones (excluding diaryl/α,β-unsaturated/α-hetero) is 2. The van der Waals surface area contributed by atoms with Gasteiger partial charge in [0, 0.05) is 0 Å². The number of benzene rings is 1. The quantitative estimate of drug-likeness (QED) is 0.684. The van der Waals surface area contributed by atoms with Crippen LogP contribution in [0.5, 0.6) is 11.5 Å². The molecular formula is C16H18O4. The molecule has 0 aromatic heterocycles. The smallest absolute Gasteiger partial charge is 0.195 e. The highest BCUT2D eigenvalue weighted by atomic mass is 16.5. The lowest BCUT2D eigenvalue weighted by Gasteiger charge is -2.08. The first-order chi connectivity index (χ1) is 9.40. The van der Waals surface area contributed by atoms with E-state index in [1.807, 2.05) is 0 Å². The Kier molecular flexibility index (Phi) is 5.72. The van der Waals surface area contributed by atoms with Crippen molar-refractivity contribution in [1.82, 2.24) is 0 Å². The van der Waals surface area contributed by atoms with E-state index in [0.717, 1.165) is 0 Å². The number of hydrogen-bond donors (Lipinski definition) is 0. The van der Waals surface area contributed by atoms with Gasteiger partial charge in [-0.05, 0) is 49.3 Å². The molecule has 1 aromatic rings. The van der Waals surface area contributed by atoms with Gasteiger partial charge in [-0.15, -0.1) is 0 Å². The molecule has 0 spiro atoms. The van der Waals surface area contributed by atoms with Gasteiger partial charge in [-0.25, -0.2) is 0 Å². The third-order valence-corrected chi connectivity index (χ3v) is 2.52. The predicted octanol–water partition coefficient (Wildman–Crippen LogP) is 2.73. The van der Waals surface area contributed by atoms with Crippen LogP contribution in [-0.4, -0.2) is 24.8 Å². The van der Waals surface area contributed by atoms with E-state index < -0.39 is 0 Å². The fraction of sp³-hybridized carbons (Fsp3) is 0.250. The van der Waals surface area contributed by atoms with Crippen LogP contribution in [0.1, 0.15) is 13.8 Å². The van der Waals surface area contributed by atoms with Crippen molar-refractivity contribution < 1.29 is 19.1 Å². The molecule has 0 aliphatic rings. The lowest BCUT2D eigenvalue weighted by atomic mass is 10.2. The van der Waals surface area contributed by atoms with Gasteiger partial charge in [0.1, 0.15) is 11.5 Å². The number of rotatable bonds is 8. The maximum Gasteiger partial charge on any atom is 0.195 e. The Hall–Kier alpha value is -2.36. The van der Waals surface area contributed by atoms with Crippen LogP contribution in [0.3, 0.4) is 0 Å². The fourth-order valence-corrected chi connectivity index (χ4v) is 1.18. The summed E-state index contributed by atoms with van der Waals surface area (Å²) in [6, 6.07) is 6.69. The van der Waals surface area contributed by atoms with E-state index in [-0.39, 0.29) is 24.8 Å². The third-order valence-electron chi connectivity index (χ3n) is 2.52. The average molecular weight is 274 g/mol. The summed E-state index contributed by atoms with van der Waals surface area (Å²) in [5.41, 5.74) is 0.923. The molecule has 4 heteroatoms. The molecule has 0 fully saturated rings. The molecule has 0 atom stereocenters. The molecule has 0 aliphatic carbocycles. The van der Waals surface area contributed by atoms with Gasteiger partial charge in [0.05, 0.1) is 0 Å². The molecule has 1 aromatic carbocycles. The molecule has 0 unspecified atom stereocenters. The molecule has 4 nitrogen and oxygen atoms in total. The summed E-state index contributed by atoms with van der Waals surface area (Å²) in [5.74, 6) is 0.825. The second kappa shape index (κ2) is 7.28. The van der Waals surface area contributed by atoms with Gasteiger partial charge in [0.25, 0.3) is 0 Å². The molecule has 0 saturated carbocycles. The van der Waals surface area contributed by atoms with E-state index in [1.54, 1.807) is 38.1 Å². The van der Waals surface area contributed by atoms with Crippen molar-refractivity contribution in [3.8, 4) is 11.5 Å². The summed E-state index contributed by atoms with van der Waals surface area (Å²) >= 11 is 0. The Morgan fingerprint density at radius 1 is 0.850 bits per heavy atom. The SMILES string of the molecule is C=C(C)C(=O)COc1ccc(OCC(=O)C(=C)C)cc1. The maximum atomic E-state index is 11.3. The molecule has 0 heterocycles. The molecule has 0 radical (unpaired) electrons. The van der Waals surface area contributed by atoms with Crippen LogP contribution in [0.25, 0.3) is 0 Å². The minimum atomic E-state index is -0.141. The van der Waals surface area contributed by atoms with Crippen LogP contribution < -0.4 is 9.47 Å². The first-order valence-corrected chi connectivity index (χ1v) is 6.13.